The van der Waals surface area contributed by atoms with Crippen LogP contribution >= 0.6 is 34.7 Å². The molecule has 6 rings (SSSR count). The van der Waals surface area contributed by atoms with Crippen molar-refractivity contribution >= 4 is 63.8 Å². The van der Waals surface area contributed by atoms with Gasteiger partial charge in [0.05, 0.1) is 23.2 Å². The molecule has 0 unspecified atom stereocenters. The monoisotopic (exact) mass is 635 g/mol. The van der Waals surface area contributed by atoms with E-state index in [1.54, 1.807) is 55.5 Å². The number of hydrogen-bond donors (Lipinski definition) is 2. The molecule has 3 aromatic carbocycles. The maximum absolute atomic E-state index is 14.1. The molecule has 12 heteroatoms. The molecule has 1 fully saturated rings. The second kappa shape index (κ2) is 11.6. The molecule has 2 aliphatic rings. The third kappa shape index (κ3) is 5.32. The molecule has 1 aromatic heterocycles. The molecule has 0 aliphatic carbocycles. The quantitative estimate of drug-likeness (QED) is 0.261. The van der Waals surface area contributed by atoms with Crippen molar-refractivity contribution in [1.29, 1.82) is 0 Å². The van der Waals surface area contributed by atoms with E-state index in [4.69, 9.17) is 16.3 Å². The summed E-state index contributed by atoms with van der Waals surface area (Å²) in [7, 11) is 0. The Morgan fingerprint density at radius 1 is 1.02 bits per heavy atom. The van der Waals surface area contributed by atoms with Gasteiger partial charge in [0.1, 0.15) is 11.8 Å². The number of fused-ring (bicyclic) bond motifs is 2. The molecule has 0 radical (unpaired) electrons. The normalized spacial score (nSPS) is 19.2. The molecule has 9 nitrogen and oxygen atoms in total. The van der Waals surface area contributed by atoms with E-state index in [-0.39, 0.29) is 34.7 Å². The third-order valence-electron chi connectivity index (χ3n) is 7.41. The van der Waals surface area contributed by atoms with Gasteiger partial charge >= 0.3 is 4.87 Å². The number of amides is 3. The van der Waals surface area contributed by atoms with Crippen molar-refractivity contribution in [1.82, 2.24) is 4.57 Å². The van der Waals surface area contributed by atoms with Crippen molar-refractivity contribution in [2.75, 3.05) is 16.8 Å². The second-order valence-corrected chi connectivity index (χ2v) is 12.8. The summed E-state index contributed by atoms with van der Waals surface area (Å²) >= 11 is 8.04. The zero-order chi connectivity index (χ0) is 30.4. The first-order valence-electron chi connectivity index (χ1n) is 13.5. The van der Waals surface area contributed by atoms with Gasteiger partial charge in [0.15, 0.2) is 11.5 Å². The first-order chi connectivity index (χ1) is 20.7. The topological polar surface area (TPSA) is 118 Å². The summed E-state index contributed by atoms with van der Waals surface area (Å²) in [5, 5.41) is 13.3. The van der Waals surface area contributed by atoms with Gasteiger partial charge in [-0.15, -0.1) is 0 Å². The van der Waals surface area contributed by atoms with E-state index >= 15 is 0 Å². The van der Waals surface area contributed by atoms with Gasteiger partial charge in [-0.1, -0.05) is 58.5 Å². The Morgan fingerprint density at radius 2 is 1.74 bits per heavy atom. The van der Waals surface area contributed by atoms with Gasteiger partial charge in [-0.25, -0.2) is 4.90 Å². The van der Waals surface area contributed by atoms with E-state index in [1.807, 2.05) is 19.1 Å². The van der Waals surface area contributed by atoms with Crippen LogP contribution in [0.15, 0.2) is 76.6 Å². The zero-order valence-electron chi connectivity index (χ0n) is 23.1. The highest BCUT2D eigenvalue weighted by Gasteiger charge is 2.57. The van der Waals surface area contributed by atoms with Gasteiger partial charge in [-0.05, 0) is 67.9 Å². The summed E-state index contributed by atoms with van der Waals surface area (Å²) in [5.74, 6) is -2.53. The number of nitrogens with one attached hydrogen (secondary N) is 1. The molecule has 3 atom stereocenters. The Hall–Kier alpha value is -4.06. The van der Waals surface area contributed by atoms with E-state index in [9.17, 15) is 24.3 Å². The predicted octanol–water partition coefficient (Wildman–Crippen LogP) is 5.41. The lowest BCUT2D eigenvalue weighted by molar-refractivity contribution is -0.122. The number of imide groups is 1. The molecular formula is C31H26ClN3O6S2. The van der Waals surface area contributed by atoms with Crippen LogP contribution in [0.3, 0.4) is 0 Å². The maximum Gasteiger partial charge on any atom is 0.308 e. The van der Waals surface area contributed by atoms with Crippen LogP contribution in [0.4, 0.5) is 11.4 Å². The number of carbonyl (C=O) groups is 3. The minimum absolute atomic E-state index is 0.0627. The molecule has 43 heavy (non-hydrogen) atoms. The van der Waals surface area contributed by atoms with Crippen LogP contribution in [0.25, 0.3) is 0 Å². The van der Waals surface area contributed by atoms with Crippen LogP contribution in [-0.2, 0) is 20.9 Å². The molecule has 220 valence electrons. The van der Waals surface area contributed by atoms with Crippen LogP contribution in [0.1, 0.15) is 28.8 Å². The molecule has 0 bridgehead atoms. The van der Waals surface area contributed by atoms with Crippen LogP contribution in [0.5, 0.6) is 11.5 Å². The van der Waals surface area contributed by atoms with Crippen molar-refractivity contribution < 1.29 is 24.2 Å². The lowest BCUT2D eigenvalue weighted by Gasteiger charge is -2.31. The van der Waals surface area contributed by atoms with Gasteiger partial charge < -0.3 is 15.2 Å². The number of benzene rings is 3. The van der Waals surface area contributed by atoms with E-state index in [0.717, 1.165) is 28.7 Å². The fraction of sp³-hybridized carbons (Fsp3) is 0.226. The average Bonchev–Trinajstić information content (AvgIpc) is 3.42. The maximum atomic E-state index is 14.1. The fourth-order valence-corrected chi connectivity index (χ4v) is 8.33. The van der Waals surface area contributed by atoms with Crippen molar-refractivity contribution in [3.63, 3.8) is 0 Å². The average molecular weight is 636 g/mol. The van der Waals surface area contributed by atoms with E-state index in [1.165, 1.54) is 15.5 Å². The van der Waals surface area contributed by atoms with E-state index in [0.29, 0.717) is 38.5 Å². The fourth-order valence-electron chi connectivity index (χ4n) is 5.44. The van der Waals surface area contributed by atoms with Crippen molar-refractivity contribution in [2.45, 2.75) is 36.6 Å². The Labute approximate surface area is 260 Å². The van der Waals surface area contributed by atoms with Crippen LogP contribution < -0.4 is 19.8 Å². The lowest BCUT2D eigenvalue weighted by atomic mass is 9.83. The van der Waals surface area contributed by atoms with Crippen LogP contribution in [-0.4, -0.2) is 39.3 Å². The largest absolute Gasteiger partial charge is 0.504 e. The number of phenolic OH excluding ortho intramolecular Hbond substituents is 1. The molecule has 1 saturated heterocycles. The summed E-state index contributed by atoms with van der Waals surface area (Å²) in [4.78, 5) is 55.8. The Balaban J connectivity index is 1.43. The number of rotatable bonds is 7. The van der Waals surface area contributed by atoms with Gasteiger partial charge in [-0.3, -0.25) is 23.7 Å². The number of aromatic nitrogens is 1. The number of thioether (sulfide) groups is 1. The van der Waals surface area contributed by atoms with Crippen molar-refractivity contribution in [2.24, 2.45) is 5.92 Å². The smallest absolute Gasteiger partial charge is 0.308 e. The molecule has 2 aliphatic heterocycles. The van der Waals surface area contributed by atoms with Crippen LogP contribution in [0.2, 0.25) is 5.02 Å². The number of hydrogen-bond acceptors (Lipinski definition) is 8. The van der Waals surface area contributed by atoms with Gasteiger partial charge in [0.2, 0.25) is 17.7 Å². The van der Waals surface area contributed by atoms with Gasteiger partial charge in [0.25, 0.3) is 0 Å². The molecule has 3 heterocycles. The molecule has 4 aromatic rings. The Bertz CT molecular complexity index is 1800. The number of nitrogens with zero attached hydrogens (tertiary/aromatic N) is 2. The molecule has 0 saturated carbocycles. The molecule has 2 N–H and O–H groups in total. The highest BCUT2D eigenvalue weighted by Crippen LogP contribution is 2.54. The molecule has 0 spiro atoms. The summed E-state index contributed by atoms with van der Waals surface area (Å²) in [5.41, 5.74) is 2.60. The number of aryl methyl sites for hydroxylation is 1. The Kier molecular flexibility index (Phi) is 7.80. The van der Waals surface area contributed by atoms with Crippen LogP contribution in [0, 0.1) is 12.8 Å². The molecule has 3 amide bonds. The SMILES string of the molecule is CCOc1cc([C@@H]2c3sc(=O)n(CC(=O)Nc4ccc(Cl)cc4)c3S[C@@H]3C(=O)N(c4ccc(C)cc4)C(=O)[C@H]23)ccc1O. The van der Waals surface area contributed by atoms with E-state index in [2.05, 4.69) is 5.32 Å². The highest BCUT2D eigenvalue weighted by atomic mass is 35.5. The number of carbonyl (C=O) groups excluding carboxylic acids is 3. The number of ether oxygens (including phenoxy) is 1. The highest BCUT2D eigenvalue weighted by molar-refractivity contribution is 8.00. The first-order valence-corrected chi connectivity index (χ1v) is 15.6. The predicted molar refractivity (Wildman–Crippen MR) is 167 cm³/mol. The molecular weight excluding hydrogens is 610 g/mol. The number of phenols is 1. The summed E-state index contributed by atoms with van der Waals surface area (Å²) in [6, 6.07) is 18.6. The van der Waals surface area contributed by atoms with Crippen molar-refractivity contribution in [3.8, 4) is 11.5 Å². The minimum Gasteiger partial charge on any atom is -0.504 e. The van der Waals surface area contributed by atoms with Gasteiger partial charge in [-0.2, -0.15) is 0 Å². The number of halogens is 1. The zero-order valence-corrected chi connectivity index (χ0v) is 25.5. The number of anilines is 2. The third-order valence-corrected chi connectivity index (χ3v) is 10.3. The standard InChI is InChI=1S/C31H26ClN3O6S2/c1-3-41-22-14-17(6-13-21(22)36)24-25-26(29(39)35(28(25)38)20-11-4-16(2)5-12-20)42-30-27(24)43-31(40)34(30)15-23(37)33-19-9-7-18(32)8-10-19/h4-14,24-26,36H,3,15H2,1-2H3,(H,33,37)/t24-,25+,26-/m0/s1. The summed E-state index contributed by atoms with van der Waals surface area (Å²) < 4.78 is 6.98. The number of aromatic hydroxyl groups is 1. The summed E-state index contributed by atoms with van der Waals surface area (Å²) in [6.45, 7) is 3.73. The van der Waals surface area contributed by atoms with Gasteiger partial charge in [0, 0.05) is 21.5 Å². The van der Waals surface area contributed by atoms with E-state index < -0.39 is 23.0 Å². The lowest BCUT2D eigenvalue weighted by Crippen LogP contribution is -2.33. The summed E-state index contributed by atoms with van der Waals surface area (Å²) in [6.07, 6.45) is 0. The number of thiazole rings is 1. The Morgan fingerprint density at radius 3 is 2.44 bits per heavy atom. The minimum atomic E-state index is -0.838. The first kappa shape index (κ1) is 29.0. The van der Waals surface area contributed by atoms with Crippen molar-refractivity contribution in [3.05, 3.63) is 97.4 Å². The second-order valence-electron chi connectivity index (χ2n) is 10.2.